The molecule has 3 rings (SSSR count). The number of fused-ring (bicyclic) bond motifs is 1. The third-order valence-electron chi connectivity index (χ3n) is 3.27. The number of hydrogen-bond donors (Lipinski definition) is 0. The van der Waals surface area contributed by atoms with Crippen LogP contribution in [0.4, 0.5) is 0 Å². The van der Waals surface area contributed by atoms with Gasteiger partial charge in [-0.15, -0.1) is 0 Å². The lowest BCUT2D eigenvalue weighted by Gasteiger charge is -2.18. The first kappa shape index (κ1) is 10.3. The highest BCUT2D eigenvalue weighted by atomic mass is 14.6. The van der Waals surface area contributed by atoms with Gasteiger partial charge in [0.1, 0.15) is 0 Å². The summed E-state index contributed by atoms with van der Waals surface area (Å²) in [6.45, 7) is 0. The van der Waals surface area contributed by atoms with Crippen LogP contribution < -0.4 is 0 Å². The van der Waals surface area contributed by atoms with Crippen LogP contribution in [0.2, 0.25) is 0 Å². The van der Waals surface area contributed by atoms with Crippen LogP contribution in [0.25, 0.3) is 11.6 Å². The maximum atomic E-state index is 4.37. The lowest BCUT2D eigenvalue weighted by molar-refractivity contribution is 0.824. The van der Waals surface area contributed by atoms with Crippen molar-refractivity contribution in [1.82, 2.24) is 4.98 Å². The van der Waals surface area contributed by atoms with Crippen molar-refractivity contribution in [3.05, 3.63) is 65.5 Å². The average Bonchev–Trinajstić information content (AvgIpc) is 2.40. The molecule has 0 N–H and O–H groups in total. The second kappa shape index (κ2) is 4.54. The minimum absolute atomic E-state index is 1.05. The van der Waals surface area contributed by atoms with Crippen molar-refractivity contribution in [3.8, 4) is 0 Å². The standard InChI is InChI=1S/C16H15N/c1-2-10-16-13(6-1)7-5-8-14(16)12-15-9-3-4-11-17-15/h1-4,6,9-12H,5,7-8H2/b14-12+. The first-order valence-electron chi connectivity index (χ1n) is 6.13. The Hall–Kier alpha value is -1.89. The number of allylic oxidation sites excluding steroid dienone is 1. The molecule has 2 aromatic rings. The van der Waals surface area contributed by atoms with Crippen LogP contribution in [0.15, 0.2) is 48.7 Å². The Morgan fingerprint density at radius 1 is 0.941 bits per heavy atom. The molecule has 1 heteroatoms. The van der Waals surface area contributed by atoms with E-state index >= 15 is 0 Å². The lowest BCUT2D eigenvalue weighted by Crippen LogP contribution is -2.01. The minimum atomic E-state index is 1.05. The molecule has 1 nitrogen and oxygen atoms in total. The summed E-state index contributed by atoms with van der Waals surface area (Å²) in [5.74, 6) is 0. The van der Waals surface area contributed by atoms with Gasteiger partial charge in [0, 0.05) is 6.20 Å². The Bertz CT molecular complexity index is 540. The fourth-order valence-electron chi connectivity index (χ4n) is 2.45. The number of benzene rings is 1. The molecule has 0 aliphatic heterocycles. The van der Waals surface area contributed by atoms with E-state index in [0.717, 1.165) is 12.1 Å². The highest BCUT2D eigenvalue weighted by molar-refractivity contribution is 5.82. The second-order valence-corrected chi connectivity index (χ2v) is 4.43. The number of rotatable bonds is 1. The van der Waals surface area contributed by atoms with Crippen molar-refractivity contribution in [1.29, 1.82) is 0 Å². The summed E-state index contributed by atoms with van der Waals surface area (Å²) >= 11 is 0. The maximum absolute atomic E-state index is 4.37. The van der Waals surface area contributed by atoms with Crippen LogP contribution in [0.3, 0.4) is 0 Å². The second-order valence-electron chi connectivity index (χ2n) is 4.43. The Morgan fingerprint density at radius 2 is 1.82 bits per heavy atom. The van der Waals surface area contributed by atoms with Crippen LogP contribution in [0.1, 0.15) is 29.7 Å². The van der Waals surface area contributed by atoms with Gasteiger partial charge in [-0.1, -0.05) is 30.3 Å². The summed E-state index contributed by atoms with van der Waals surface area (Å²) in [4.78, 5) is 4.37. The van der Waals surface area contributed by atoms with Gasteiger partial charge >= 0.3 is 0 Å². The van der Waals surface area contributed by atoms with E-state index in [-0.39, 0.29) is 0 Å². The number of aryl methyl sites for hydroxylation is 1. The van der Waals surface area contributed by atoms with E-state index in [0.29, 0.717) is 0 Å². The third-order valence-corrected chi connectivity index (χ3v) is 3.27. The van der Waals surface area contributed by atoms with Gasteiger partial charge in [0.15, 0.2) is 0 Å². The van der Waals surface area contributed by atoms with Crippen LogP contribution in [0, 0.1) is 0 Å². The molecule has 0 spiro atoms. The fraction of sp³-hybridized carbons (Fsp3) is 0.188. The molecule has 1 aromatic carbocycles. The normalized spacial score (nSPS) is 16.8. The molecular weight excluding hydrogens is 206 g/mol. The molecule has 17 heavy (non-hydrogen) atoms. The van der Waals surface area contributed by atoms with Crippen molar-refractivity contribution in [2.75, 3.05) is 0 Å². The molecule has 0 amide bonds. The summed E-state index contributed by atoms with van der Waals surface area (Å²) < 4.78 is 0. The summed E-state index contributed by atoms with van der Waals surface area (Å²) in [7, 11) is 0. The van der Waals surface area contributed by atoms with E-state index in [1.165, 1.54) is 29.5 Å². The monoisotopic (exact) mass is 221 g/mol. The minimum Gasteiger partial charge on any atom is -0.257 e. The van der Waals surface area contributed by atoms with Gasteiger partial charge in [0.2, 0.25) is 0 Å². The van der Waals surface area contributed by atoms with E-state index in [4.69, 9.17) is 0 Å². The highest BCUT2D eigenvalue weighted by Gasteiger charge is 2.12. The van der Waals surface area contributed by atoms with Crippen LogP contribution in [-0.4, -0.2) is 4.98 Å². The largest absolute Gasteiger partial charge is 0.257 e. The van der Waals surface area contributed by atoms with Crippen molar-refractivity contribution >= 4 is 11.6 Å². The zero-order chi connectivity index (χ0) is 11.5. The molecule has 0 saturated heterocycles. The molecule has 0 saturated carbocycles. The SMILES string of the molecule is C(=C1/CCCc2ccccc21)/c1ccccn1. The van der Waals surface area contributed by atoms with Crippen molar-refractivity contribution in [3.63, 3.8) is 0 Å². The molecule has 1 heterocycles. The number of pyridine rings is 1. The Labute approximate surface area is 102 Å². The topological polar surface area (TPSA) is 12.9 Å². The molecule has 84 valence electrons. The van der Waals surface area contributed by atoms with Gasteiger partial charge in [0.25, 0.3) is 0 Å². The zero-order valence-electron chi connectivity index (χ0n) is 9.76. The first-order chi connectivity index (χ1) is 8.43. The zero-order valence-corrected chi connectivity index (χ0v) is 9.76. The van der Waals surface area contributed by atoms with Gasteiger partial charge < -0.3 is 0 Å². The molecule has 0 atom stereocenters. The molecule has 1 aliphatic rings. The average molecular weight is 221 g/mol. The van der Waals surface area contributed by atoms with Crippen LogP contribution in [0.5, 0.6) is 0 Å². The van der Waals surface area contributed by atoms with E-state index < -0.39 is 0 Å². The molecule has 1 aliphatic carbocycles. The molecule has 0 radical (unpaired) electrons. The van der Waals surface area contributed by atoms with Gasteiger partial charge in [-0.25, -0.2) is 0 Å². The van der Waals surface area contributed by atoms with Gasteiger partial charge in [-0.3, -0.25) is 4.98 Å². The molecule has 1 aromatic heterocycles. The van der Waals surface area contributed by atoms with Crippen molar-refractivity contribution in [2.24, 2.45) is 0 Å². The van der Waals surface area contributed by atoms with E-state index in [1.807, 2.05) is 18.3 Å². The number of hydrogen-bond acceptors (Lipinski definition) is 1. The molecule has 0 bridgehead atoms. The lowest BCUT2D eigenvalue weighted by atomic mass is 9.87. The quantitative estimate of drug-likeness (QED) is 0.710. The van der Waals surface area contributed by atoms with Crippen molar-refractivity contribution in [2.45, 2.75) is 19.3 Å². The highest BCUT2D eigenvalue weighted by Crippen LogP contribution is 2.31. The number of aromatic nitrogens is 1. The summed E-state index contributed by atoms with van der Waals surface area (Å²) in [5, 5.41) is 0. The molecular formula is C16H15N. The summed E-state index contributed by atoms with van der Waals surface area (Å²) in [5.41, 5.74) is 5.36. The molecule has 0 fully saturated rings. The van der Waals surface area contributed by atoms with Gasteiger partial charge in [-0.2, -0.15) is 0 Å². The summed E-state index contributed by atoms with van der Waals surface area (Å²) in [6.07, 6.45) is 7.68. The Morgan fingerprint density at radius 3 is 2.71 bits per heavy atom. The third kappa shape index (κ3) is 2.14. The number of nitrogens with zero attached hydrogens (tertiary/aromatic N) is 1. The van der Waals surface area contributed by atoms with E-state index in [2.05, 4.69) is 41.4 Å². The Kier molecular flexibility index (Phi) is 2.74. The predicted molar refractivity (Wildman–Crippen MR) is 71.5 cm³/mol. The van der Waals surface area contributed by atoms with Crippen molar-refractivity contribution < 1.29 is 0 Å². The maximum Gasteiger partial charge on any atom is 0.0632 e. The Balaban J connectivity index is 2.03. The van der Waals surface area contributed by atoms with Crippen LogP contribution in [-0.2, 0) is 6.42 Å². The first-order valence-corrected chi connectivity index (χ1v) is 6.13. The van der Waals surface area contributed by atoms with E-state index in [1.54, 1.807) is 0 Å². The van der Waals surface area contributed by atoms with E-state index in [9.17, 15) is 0 Å². The smallest absolute Gasteiger partial charge is 0.0632 e. The molecule has 0 unspecified atom stereocenters. The van der Waals surface area contributed by atoms with Gasteiger partial charge in [-0.05, 0) is 54.2 Å². The summed E-state index contributed by atoms with van der Waals surface area (Å²) in [6, 6.07) is 14.8. The van der Waals surface area contributed by atoms with Crippen LogP contribution >= 0.6 is 0 Å². The van der Waals surface area contributed by atoms with Gasteiger partial charge in [0.05, 0.1) is 5.69 Å². The predicted octanol–water partition coefficient (Wildman–Crippen LogP) is 3.96. The fourth-order valence-corrected chi connectivity index (χ4v) is 2.45.